The first-order chi connectivity index (χ1) is 13.7. The minimum Gasteiger partial charge on any atom is -0.484 e. The van der Waals surface area contributed by atoms with Crippen molar-refractivity contribution in [1.82, 2.24) is 10.2 Å². The van der Waals surface area contributed by atoms with Crippen molar-refractivity contribution in [2.75, 3.05) is 26.2 Å². The average Bonchev–Trinajstić information content (AvgIpc) is 3.13. The summed E-state index contributed by atoms with van der Waals surface area (Å²) in [5, 5.41) is 15.8. The number of alkyl halides is 3. The average molecular weight is 429 g/mol. The van der Waals surface area contributed by atoms with Crippen LogP contribution in [0.1, 0.15) is 20.8 Å². The number of nitrogens with one attached hydrogen (secondary N) is 1. The first kappa shape index (κ1) is 21.1. The van der Waals surface area contributed by atoms with Crippen LogP contribution in [0, 0.1) is 10.1 Å². The van der Waals surface area contributed by atoms with Crippen LogP contribution in [-0.4, -0.2) is 48.1 Å². The standard InChI is InChI=1S/C18H18F3N3O4S/c19-18(20,21)11-28-13-1-2-15(24(26)27)14(9-13)17(25)22-5-7-23-6-3-16-12(10-23)4-8-29-16/h1-2,4,8-9H,3,5-7,10-11H2,(H,22,25). The SMILES string of the molecule is O=C(NCCN1CCc2sccc2C1)c1cc(OCC(F)(F)F)ccc1[N+](=O)[O-]. The number of halogens is 3. The van der Waals surface area contributed by atoms with Gasteiger partial charge in [-0.3, -0.25) is 19.8 Å². The molecule has 1 amide bonds. The zero-order valence-corrected chi connectivity index (χ0v) is 16.0. The number of rotatable bonds is 7. The Balaban J connectivity index is 1.60. The lowest BCUT2D eigenvalue weighted by molar-refractivity contribution is -0.385. The Labute approximate surface area is 168 Å². The van der Waals surface area contributed by atoms with Crippen LogP contribution in [0.25, 0.3) is 0 Å². The highest BCUT2D eigenvalue weighted by Gasteiger charge is 2.29. The number of thiophene rings is 1. The molecular weight excluding hydrogens is 411 g/mol. The van der Waals surface area contributed by atoms with E-state index >= 15 is 0 Å². The third-order valence-electron chi connectivity index (χ3n) is 4.41. The number of benzene rings is 1. The largest absolute Gasteiger partial charge is 0.484 e. The van der Waals surface area contributed by atoms with Gasteiger partial charge in [-0.05, 0) is 35.6 Å². The molecule has 1 N–H and O–H groups in total. The zero-order valence-electron chi connectivity index (χ0n) is 15.2. The number of hydrogen-bond acceptors (Lipinski definition) is 6. The third-order valence-corrected chi connectivity index (χ3v) is 5.44. The molecule has 156 valence electrons. The van der Waals surface area contributed by atoms with E-state index in [9.17, 15) is 28.1 Å². The Kier molecular flexibility index (Phi) is 6.38. The molecule has 0 radical (unpaired) electrons. The second kappa shape index (κ2) is 8.78. The highest BCUT2D eigenvalue weighted by Crippen LogP contribution is 2.26. The van der Waals surface area contributed by atoms with Crippen LogP contribution >= 0.6 is 11.3 Å². The molecule has 0 saturated heterocycles. The van der Waals surface area contributed by atoms with Crippen LogP contribution < -0.4 is 10.1 Å². The van der Waals surface area contributed by atoms with E-state index in [2.05, 4.69) is 21.0 Å². The maximum Gasteiger partial charge on any atom is 0.422 e. The molecule has 1 aliphatic heterocycles. The summed E-state index contributed by atoms with van der Waals surface area (Å²) in [4.78, 5) is 26.3. The van der Waals surface area contributed by atoms with Crippen molar-refractivity contribution in [3.63, 3.8) is 0 Å². The van der Waals surface area contributed by atoms with E-state index in [0.717, 1.165) is 37.7 Å². The van der Waals surface area contributed by atoms with Crippen molar-refractivity contribution in [3.05, 3.63) is 55.8 Å². The molecule has 7 nitrogen and oxygen atoms in total. The summed E-state index contributed by atoms with van der Waals surface area (Å²) in [5.41, 5.74) is 0.425. The van der Waals surface area contributed by atoms with E-state index in [1.54, 1.807) is 11.3 Å². The topological polar surface area (TPSA) is 84.7 Å². The first-order valence-electron chi connectivity index (χ1n) is 8.77. The summed E-state index contributed by atoms with van der Waals surface area (Å²) >= 11 is 1.72. The molecule has 1 aromatic carbocycles. The van der Waals surface area contributed by atoms with E-state index < -0.39 is 29.3 Å². The minimum absolute atomic E-state index is 0.253. The fraction of sp³-hybridized carbons (Fsp3) is 0.389. The number of nitro benzene ring substituents is 1. The number of nitro groups is 1. The van der Waals surface area contributed by atoms with Crippen LogP contribution in [0.2, 0.25) is 0 Å². The molecule has 29 heavy (non-hydrogen) atoms. The van der Waals surface area contributed by atoms with Crippen molar-refractivity contribution >= 4 is 22.9 Å². The van der Waals surface area contributed by atoms with E-state index in [1.165, 1.54) is 10.4 Å². The molecule has 2 aromatic rings. The Morgan fingerprint density at radius 3 is 2.86 bits per heavy atom. The Morgan fingerprint density at radius 1 is 1.34 bits per heavy atom. The second-order valence-corrected chi connectivity index (χ2v) is 7.49. The van der Waals surface area contributed by atoms with Crippen LogP contribution in [0.4, 0.5) is 18.9 Å². The second-order valence-electron chi connectivity index (χ2n) is 6.49. The normalized spacial score (nSPS) is 14.3. The van der Waals surface area contributed by atoms with Crippen molar-refractivity contribution in [2.24, 2.45) is 0 Å². The summed E-state index contributed by atoms with van der Waals surface area (Å²) in [6, 6.07) is 5.02. The van der Waals surface area contributed by atoms with Crippen LogP contribution in [-0.2, 0) is 13.0 Å². The van der Waals surface area contributed by atoms with Crippen molar-refractivity contribution in [2.45, 2.75) is 19.1 Å². The zero-order chi connectivity index (χ0) is 21.0. The molecule has 0 atom stereocenters. The van der Waals surface area contributed by atoms with E-state index in [1.807, 2.05) is 5.38 Å². The molecule has 0 unspecified atom stereocenters. The predicted molar refractivity (Wildman–Crippen MR) is 100 cm³/mol. The fourth-order valence-electron chi connectivity index (χ4n) is 3.03. The molecule has 0 saturated carbocycles. The molecule has 0 fully saturated rings. The number of carbonyl (C=O) groups excluding carboxylic acids is 1. The van der Waals surface area contributed by atoms with Gasteiger partial charge in [0.15, 0.2) is 6.61 Å². The Bertz CT molecular complexity index is 901. The van der Waals surface area contributed by atoms with Gasteiger partial charge in [0, 0.05) is 37.1 Å². The molecule has 0 aliphatic carbocycles. The summed E-state index contributed by atoms with van der Waals surface area (Å²) in [6.07, 6.45) is -3.62. The van der Waals surface area contributed by atoms with Gasteiger partial charge >= 0.3 is 6.18 Å². The molecule has 11 heteroatoms. The van der Waals surface area contributed by atoms with E-state index in [0.29, 0.717) is 6.54 Å². The van der Waals surface area contributed by atoms with Gasteiger partial charge in [0.05, 0.1) is 4.92 Å². The van der Waals surface area contributed by atoms with Crippen molar-refractivity contribution in [1.29, 1.82) is 0 Å². The number of ether oxygens (including phenoxy) is 1. The van der Waals surface area contributed by atoms with Gasteiger partial charge in [-0.25, -0.2) is 0 Å². The molecule has 3 rings (SSSR count). The minimum atomic E-state index is -4.55. The summed E-state index contributed by atoms with van der Waals surface area (Å²) in [6.45, 7) is 0.882. The van der Waals surface area contributed by atoms with Crippen molar-refractivity contribution in [3.8, 4) is 5.75 Å². The number of fused-ring (bicyclic) bond motifs is 1. The lowest BCUT2D eigenvalue weighted by Gasteiger charge is -2.26. The smallest absolute Gasteiger partial charge is 0.422 e. The molecule has 0 bridgehead atoms. The number of amides is 1. The highest BCUT2D eigenvalue weighted by atomic mass is 32.1. The van der Waals surface area contributed by atoms with Crippen LogP contribution in [0.15, 0.2) is 29.6 Å². The summed E-state index contributed by atoms with van der Waals surface area (Å²) in [5.74, 6) is -0.999. The van der Waals surface area contributed by atoms with E-state index in [4.69, 9.17) is 0 Å². The number of carbonyl (C=O) groups is 1. The molecule has 0 spiro atoms. The van der Waals surface area contributed by atoms with Gasteiger partial charge in [0.1, 0.15) is 11.3 Å². The summed E-state index contributed by atoms with van der Waals surface area (Å²) < 4.78 is 41.5. The van der Waals surface area contributed by atoms with Gasteiger partial charge in [-0.15, -0.1) is 11.3 Å². The summed E-state index contributed by atoms with van der Waals surface area (Å²) in [7, 11) is 0. The number of hydrogen-bond donors (Lipinski definition) is 1. The lowest BCUT2D eigenvalue weighted by atomic mass is 10.1. The molecule has 1 aromatic heterocycles. The predicted octanol–water partition coefficient (Wildman–Crippen LogP) is 3.39. The fourth-order valence-corrected chi connectivity index (χ4v) is 3.92. The first-order valence-corrected chi connectivity index (χ1v) is 9.65. The quantitative estimate of drug-likeness (QED) is 0.539. The highest BCUT2D eigenvalue weighted by molar-refractivity contribution is 7.10. The van der Waals surface area contributed by atoms with Crippen molar-refractivity contribution < 1.29 is 27.6 Å². The molecular formula is C18H18F3N3O4S. The van der Waals surface area contributed by atoms with Gasteiger partial charge < -0.3 is 10.1 Å². The Morgan fingerprint density at radius 2 is 2.14 bits per heavy atom. The van der Waals surface area contributed by atoms with Crippen LogP contribution in [0.3, 0.4) is 0 Å². The third kappa shape index (κ3) is 5.67. The van der Waals surface area contributed by atoms with Gasteiger partial charge in [0.25, 0.3) is 11.6 Å². The lowest BCUT2D eigenvalue weighted by Crippen LogP contribution is -2.37. The van der Waals surface area contributed by atoms with Crippen LogP contribution in [0.5, 0.6) is 5.75 Å². The van der Waals surface area contributed by atoms with E-state index in [-0.39, 0.29) is 17.9 Å². The van der Waals surface area contributed by atoms with Gasteiger partial charge in [0.2, 0.25) is 0 Å². The maximum atomic E-state index is 12.4. The number of nitrogens with zero attached hydrogens (tertiary/aromatic N) is 2. The molecule has 1 aliphatic rings. The Hall–Kier alpha value is -2.66. The van der Waals surface area contributed by atoms with Gasteiger partial charge in [-0.1, -0.05) is 0 Å². The monoisotopic (exact) mass is 429 g/mol. The maximum absolute atomic E-state index is 12.4. The van der Waals surface area contributed by atoms with Gasteiger partial charge in [-0.2, -0.15) is 13.2 Å². The molecule has 2 heterocycles.